The second-order valence-corrected chi connectivity index (χ2v) is 12.6. The first-order valence-electron chi connectivity index (χ1n) is 16.3. The lowest BCUT2D eigenvalue weighted by Gasteiger charge is -2.32. The first-order valence-corrected chi connectivity index (χ1v) is 16.6. The molecule has 0 bridgehead atoms. The van der Waals surface area contributed by atoms with E-state index in [0.717, 1.165) is 67.0 Å². The zero-order valence-corrected chi connectivity index (χ0v) is 26.6. The van der Waals surface area contributed by atoms with Crippen molar-refractivity contribution in [3.63, 3.8) is 0 Å². The molecule has 8 nitrogen and oxygen atoms in total. The van der Waals surface area contributed by atoms with E-state index < -0.39 is 12.3 Å². The van der Waals surface area contributed by atoms with Crippen molar-refractivity contribution in [2.75, 3.05) is 25.1 Å². The van der Waals surface area contributed by atoms with Crippen LogP contribution in [0.1, 0.15) is 95.2 Å². The van der Waals surface area contributed by atoms with Crippen LogP contribution in [0, 0.1) is 5.92 Å². The zero-order chi connectivity index (χ0) is 30.6. The Hall–Kier alpha value is -2.52. The third kappa shape index (κ3) is 9.73. The number of benzene rings is 2. The molecule has 0 spiro atoms. The fourth-order valence-corrected chi connectivity index (χ4v) is 6.59. The highest BCUT2D eigenvalue weighted by atomic mass is 35.5. The van der Waals surface area contributed by atoms with E-state index >= 15 is 0 Å². The highest BCUT2D eigenvalue weighted by molar-refractivity contribution is 6.33. The van der Waals surface area contributed by atoms with E-state index in [1.54, 1.807) is 0 Å². The van der Waals surface area contributed by atoms with Gasteiger partial charge in [0.15, 0.2) is 0 Å². The van der Waals surface area contributed by atoms with Crippen LogP contribution in [0.3, 0.4) is 0 Å². The molecule has 3 unspecified atom stereocenters. The van der Waals surface area contributed by atoms with Gasteiger partial charge in [-0.3, -0.25) is 5.32 Å². The summed E-state index contributed by atoms with van der Waals surface area (Å²) in [6, 6.07) is 12.9. The molecule has 9 heteroatoms. The second-order valence-electron chi connectivity index (χ2n) is 12.2. The molecule has 2 amide bonds. The summed E-state index contributed by atoms with van der Waals surface area (Å²) in [6.07, 6.45) is 9.92. The Kier molecular flexibility index (Phi) is 13.3. The van der Waals surface area contributed by atoms with Crippen LogP contribution in [-0.4, -0.2) is 59.2 Å². The van der Waals surface area contributed by atoms with Gasteiger partial charge in [0.1, 0.15) is 12.0 Å². The van der Waals surface area contributed by atoms with Gasteiger partial charge < -0.3 is 30.5 Å². The van der Waals surface area contributed by atoms with Crippen molar-refractivity contribution < 1.29 is 19.7 Å². The number of rotatable bonds is 13. The number of hydrogen-bond donors (Lipinski definition) is 5. The Bertz CT molecular complexity index is 1150. The van der Waals surface area contributed by atoms with E-state index in [9.17, 15) is 15.0 Å². The van der Waals surface area contributed by atoms with Crippen molar-refractivity contribution in [1.29, 1.82) is 0 Å². The average molecular weight is 615 g/mol. The molecule has 4 rings (SSSR count). The third-order valence-electron chi connectivity index (χ3n) is 8.93. The van der Waals surface area contributed by atoms with Crippen LogP contribution in [-0.2, 0) is 6.54 Å². The van der Waals surface area contributed by atoms with Crippen molar-refractivity contribution in [3.8, 4) is 5.75 Å². The Morgan fingerprint density at radius 2 is 1.91 bits per heavy atom. The number of fused-ring (bicyclic) bond motifs is 1. The topological polar surface area (TPSA) is 106 Å². The standard InChI is InChI=1S/C34H51ClN4O4/c1-3-20-43-27-17-18-31(29(35)21-27)37-30-16-8-10-24(2)39(22-26-14-6-7-15-28(26)30)34(42)38-32(23-40)33(41)36-19-9-13-25-11-4-5-12-25/h6-7,14-15,17-18,21,24-25,30,32-33,36-37,40-41H,3-5,8-13,16,19-20,22-23H2,1-2H3,(H,38,42)/t24-,30?,32?,33?/m1/s1. The maximum absolute atomic E-state index is 13.6. The van der Waals surface area contributed by atoms with Gasteiger partial charge in [0, 0.05) is 18.7 Å². The van der Waals surface area contributed by atoms with Gasteiger partial charge in [-0.25, -0.2) is 4.79 Å². The Morgan fingerprint density at radius 3 is 2.65 bits per heavy atom. The lowest BCUT2D eigenvalue weighted by molar-refractivity contribution is 0.0619. The summed E-state index contributed by atoms with van der Waals surface area (Å²) in [5.41, 5.74) is 3.02. The predicted molar refractivity (Wildman–Crippen MR) is 174 cm³/mol. The number of ether oxygens (including phenoxy) is 1. The minimum atomic E-state index is -1.02. The molecule has 4 atom stereocenters. The molecule has 1 aliphatic carbocycles. The second kappa shape index (κ2) is 17.1. The number of anilines is 1. The lowest BCUT2D eigenvalue weighted by Crippen LogP contribution is -2.56. The number of carbonyl (C=O) groups excluding carboxylic acids is 1. The highest BCUT2D eigenvalue weighted by Gasteiger charge is 2.29. The third-order valence-corrected chi connectivity index (χ3v) is 9.24. The molecular formula is C34H51ClN4O4. The first kappa shape index (κ1) is 33.4. The number of nitrogens with one attached hydrogen (secondary N) is 3. The van der Waals surface area contributed by atoms with Crippen molar-refractivity contribution >= 4 is 23.3 Å². The average Bonchev–Trinajstić information content (AvgIpc) is 3.55. The van der Waals surface area contributed by atoms with Gasteiger partial charge in [-0.05, 0) is 81.2 Å². The molecule has 0 saturated heterocycles. The van der Waals surface area contributed by atoms with Crippen LogP contribution in [0.4, 0.5) is 10.5 Å². The van der Waals surface area contributed by atoms with E-state index in [1.165, 1.54) is 25.7 Å². The molecule has 1 saturated carbocycles. The molecule has 43 heavy (non-hydrogen) atoms. The number of aliphatic hydroxyl groups excluding tert-OH is 2. The summed E-state index contributed by atoms with van der Waals surface area (Å²) in [7, 11) is 0. The van der Waals surface area contributed by atoms with Gasteiger partial charge in [-0.1, -0.05) is 68.5 Å². The van der Waals surface area contributed by atoms with Crippen molar-refractivity contribution in [2.45, 2.75) is 109 Å². The van der Waals surface area contributed by atoms with E-state index in [2.05, 4.69) is 41.9 Å². The Labute approximate surface area is 262 Å². The van der Waals surface area contributed by atoms with E-state index in [-0.39, 0.29) is 24.7 Å². The maximum Gasteiger partial charge on any atom is 0.318 e. The van der Waals surface area contributed by atoms with Gasteiger partial charge in [0.25, 0.3) is 0 Å². The maximum atomic E-state index is 13.6. The number of nitrogens with zero attached hydrogens (tertiary/aromatic N) is 1. The van der Waals surface area contributed by atoms with Crippen LogP contribution >= 0.6 is 11.6 Å². The van der Waals surface area contributed by atoms with Gasteiger partial charge in [-0.2, -0.15) is 0 Å². The molecule has 1 fully saturated rings. The number of carbonyl (C=O) groups is 1. The smallest absolute Gasteiger partial charge is 0.318 e. The summed E-state index contributed by atoms with van der Waals surface area (Å²) in [6.45, 7) is 5.51. The van der Waals surface area contributed by atoms with E-state index in [1.807, 2.05) is 35.2 Å². The molecular weight excluding hydrogens is 564 g/mol. The van der Waals surface area contributed by atoms with Gasteiger partial charge in [0.05, 0.1) is 36.0 Å². The molecule has 238 valence electrons. The fourth-order valence-electron chi connectivity index (χ4n) is 6.37. The van der Waals surface area contributed by atoms with Crippen molar-refractivity contribution in [3.05, 3.63) is 58.6 Å². The van der Waals surface area contributed by atoms with Crippen LogP contribution in [0.15, 0.2) is 42.5 Å². The molecule has 2 aromatic rings. The number of halogens is 1. The summed E-state index contributed by atoms with van der Waals surface area (Å²) in [4.78, 5) is 15.4. The van der Waals surface area contributed by atoms with Crippen molar-refractivity contribution in [1.82, 2.24) is 15.5 Å². The molecule has 1 heterocycles. The summed E-state index contributed by atoms with van der Waals surface area (Å²) in [5.74, 6) is 1.55. The fraction of sp³-hybridized carbons (Fsp3) is 0.618. The monoisotopic (exact) mass is 614 g/mol. The lowest BCUT2D eigenvalue weighted by atomic mass is 9.96. The number of hydrogen-bond acceptors (Lipinski definition) is 6. The van der Waals surface area contributed by atoms with Crippen LogP contribution in [0.5, 0.6) is 5.75 Å². The van der Waals surface area contributed by atoms with E-state index in [4.69, 9.17) is 16.3 Å². The normalized spacial score (nSPS) is 20.8. The number of aliphatic hydroxyl groups is 2. The minimum Gasteiger partial charge on any atom is -0.494 e. The minimum absolute atomic E-state index is 0.0202. The van der Waals surface area contributed by atoms with Gasteiger partial charge in [-0.15, -0.1) is 0 Å². The molecule has 0 aromatic heterocycles. The van der Waals surface area contributed by atoms with Crippen LogP contribution < -0.4 is 20.7 Å². The molecule has 0 radical (unpaired) electrons. The van der Waals surface area contributed by atoms with Gasteiger partial charge >= 0.3 is 6.03 Å². The Morgan fingerprint density at radius 1 is 1.12 bits per heavy atom. The zero-order valence-electron chi connectivity index (χ0n) is 25.9. The molecule has 1 aliphatic heterocycles. The SMILES string of the molecule is CCCOc1ccc(NC2CCC[C@@H](C)N(C(=O)NC(CO)C(O)NCCCC3CCCC3)Cc3ccccc32)c(Cl)c1. The summed E-state index contributed by atoms with van der Waals surface area (Å²) >= 11 is 6.66. The summed E-state index contributed by atoms with van der Waals surface area (Å²) < 4.78 is 5.74. The Balaban J connectivity index is 1.41. The largest absolute Gasteiger partial charge is 0.494 e. The predicted octanol–water partition coefficient (Wildman–Crippen LogP) is 6.61. The highest BCUT2D eigenvalue weighted by Crippen LogP contribution is 2.35. The van der Waals surface area contributed by atoms with E-state index in [0.29, 0.717) is 24.7 Å². The van der Waals surface area contributed by atoms with Crippen LogP contribution in [0.2, 0.25) is 5.02 Å². The quantitative estimate of drug-likeness (QED) is 0.128. The first-order chi connectivity index (χ1) is 20.9. The summed E-state index contributed by atoms with van der Waals surface area (Å²) in [5, 5.41) is 31.1. The van der Waals surface area contributed by atoms with Crippen molar-refractivity contribution in [2.24, 2.45) is 5.92 Å². The molecule has 2 aliphatic rings. The number of urea groups is 1. The van der Waals surface area contributed by atoms with Gasteiger partial charge in [0.2, 0.25) is 0 Å². The van der Waals surface area contributed by atoms with Crippen LogP contribution in [0.25, 0.3) is 0 Å². The molecule has 5 N–H and O–H groups in total. The number of amides is 2. The molecule has 2 aromatic carbocycles.